The van der Waals surface area contributed by atoms with Crippen LogP contribution in [0.2, 0.25) is 0 Å². The van der Waals surface area contributed by atoms with Crippen molar-refractivity contribution in [3.8, 4) is 0 Å². The number of aromatic nitrogens is 1. The molecule has 0 atom stereocenters. The molecule has 0 radical (unpaired) electrons. The summed E-state index contributed by atoms with van der Waals surface area (Å²) < 4.78 is 39.5. The molecule has 3 aromatic rings. The van der Waals surface area contributed by atoms with Crippen LogP contribution in [-0.2, 0) is 17.4 Å². The summed E-state index contributed by atoms with van der Waals surface area (Å²) in [5, 5.41) is 8.79. The second-order valence-corrected chi connectivity index (χ2v) is 7.97. The number of benzene rings is 2. The molecule has 5 nitrogen and oxygen atoms in total. The first-order valence-electron chi connectivity index (χ1n) is 8.26. The van der Waals surface area contributed by atoms with Crippen molar-refractivity contribution in [1.82, 2.24) is 10.4 Å². The lowest BCUT2D eigenvalue weighted by Gasteiger charge is -2.08. The van der Waals surface area contributed by atoms with E-state index in [1.807, 2.05) is 24.3 Å². The van der Waals surface area contributed by atoms with Gasteiger partial charge in [-0.05, 0) is 58.5 Å². The number of carbonyl (C=O) groups excluding carboxylic acids is 1. The molecule has 0 unspecified atom stereocenters. The van der Waals surface area contributed by atoms with Crippen molar-refractivity contribution >= 4 is 56.9 Å². The molecule has 1 amide bonds. The highest BCUT2D eigenvalue weighted by molar-refractivity contribution is 14.1. The van der Waals surface area contributed by atoms with Crippen LogP contribution in [0.25, 0.3) is 0 Å². The van der Waals surface area contributed by atoms with E-state index < -0.39 is 11.7 Å². The van der Waals surface area contributed by atoms with E-state index in [-0.39, 0.29) is 18.0 Å². The summed E-state index contributed by atoms with van der Waals surface area (Å²) >= 11 is 3.39. The van der Waals surface area contributed by atoms with Gasteiger partial charge in [-0.15, -0.1) is 11.3 Å². The summed E-state index contributed by atoms with van der Waals surface area (Å²) in [5.74, 6) is -0.345. The molecule has 3 rings (SSSR count). The maximum atomic E-state index is 12.8. The van der Waals surface area contributed by atoms with Gasteiger partial charge in [0, 0.05) is 14.6 Å². The van der Waals surface area contributed by atoms with Gasteiger partial charge in [0.05, 0.1) is 23.9 Å². The highest BCUT2D eigenvalue weighted by Gasteiger charge is 2.30. The van der Waals surface area contributed by atoms with Crippen LogP contribution in [-0.4, -0.2) is 17.1 Å². The molecule has 0 spiro atoms. The van der Waals surface area contributed by atoms with Crippen LogP contribution < -0.4 is 10.7 Å². The van der Waals surface area contributed by atoms with Crippen molar-refractivity contribution in [3.05, 3.63) is 74.3 Å². The predicted molar refractivity (Wildman–Crippen MR) is 115 cm³/mol. The first kappa shape index (κ1) is 21.2. The van der Waals surface area contributed by atoms with Crippen LogP contribution in [0.1, 0.15) is 16.8 Å². The lowest BCUT2D eigenvalue weighted by Crippen LogP contribution is -2.19. The van der Waals surface area contributed by atoms with Gasteiger partial charge in [-0.1, -0.05) is 18.2 Å². The monoisotopic (exact) mass is 530 g/mol. The molecule has 1 aromatic heterocycles. The van der Waals surface area contributed by atoms with Crippen LogP contribution >= 0.6 is 33.9 Å². The topological polar surface area (TPSA) is 66.4 Å². The average molecular weight is 530 g/mol. The molecule has 10 heteroatoms. The molecule has 0 bridgehead atoms. The van der Waals surface area contributed by atoms with Crippen molar-refractivity contribution < 1.29 is 18.0 Å². The fourth-order valence-electron chi connectivity index (χ4n) is 2.27. The second kappa shape index (κ2) is 9.35. The minimum atomic E-state index is -4.41. The van der Waals surface area contributed by atoms with Crippen LogP contribution in [0.5, 0.6) is 0 Å². The molecule has 29 heavy (non-hydrogen) atoms. The minimum absolute atomic E-state index is 0.00476. The number of amides is 1. The molecule has 2 N–H and O–H groups in total. The number of hydrogen-bond donors (Lipinski definition) is 2. The third-order valence-electron chi connectivity index (χ3n) is 3.61. The Hall–Kier alpha value is -2.47. The van der Waals surface area contributed by atoms with Gasteiger partial charge in [0.25, 0.3) is 0 Å². The standard InChI is InChI=1S/C19H14F3IN4OS/c20-19(21,22)13-2-1-3-15(8-13)25-18-26-16(11-29-18)9-17(28)27-24-10-12-4-6-14(23)7-5-12/h1-8,10-11H,9H2,(H,25,26)(H,27,28)/b24-10-. The summed E-state index contributed by atoms with van der Waals surface area (Å²) in [7, 11) is 0. The van der Waals surface area contributed by atoms with Gasteiger partial charge in [0.1, 0.15) is 0 Å². The Morgan fingerprint density at radius 3 is 2.69 bits per heavy atom. The van der Waals surface area contributed by atoms with Crippen LogP contribution in [0.3, 0.4) is 0 Å². The number of rotatable bonds is 6. The van der Waals surface area contributed by atoms with Gasteiger partial charge in [0.15, 0.2) is 5.13 Å². The largest absolute Gasteiger partial charge is 0.416 e. The maximum Gasteiger partial charge on any atom is 0.416 e. The number of anilines is 2. The number of halogens is 4. The molecular formula is C19H14F3IN4OS. The van der Waals surface area contributed by atoms with E-state index in [4.69, 9.17) is 0 Å². The first-order chi connectivity index (χ1) is 13.8. The molecular weight excluding hydrogens is 516 g/mol. The zero-order valence-electron chi connectivity index (χ0n) is 14.7. The molecule has 0 saturated heterocycles. The molecule has 2 aromatic carbocycles. The number of alkyl halides is 3. The Morgan fingerprint density at radius 2 is 1.97 bits per heavy atom. The van der Waals surface area contributed by atoms with E-state index in [1.165, 1.54) is 29.7 Å². The quantitative estimate of drug-likeness (QED) is 0.262. The molecule has 0 aliphatic carbocycles. The van der Waals surface area contributed by atoms with E-state index in [0.29, 0.717) is 10.8 Å². The number of thiazole rings is 1. The SMILES string of the molecule is O=C(Cc1csc(Nc2cccc(C(F)(F)F)c2)n1)N/N=C\c1ccc(I)cc1. The van der Waals surface area contributed by atoms with Gasteiger partial charge in [-0.25, -0.2) is 10.4 Å². The number of nitrogens with zero attached hydrogens (tertiary/aromatic N) is 2. The van der Waals surface area contributed by atoms with Crippen LogP contribution in [0, 0.1) is 3.57 Å². The summed E-state index contributed by atoms with van der Waals surface area (Å²) in [6.07, 6.45) is -2.87. The third kappa shape index (κ3) is 6.53. The van der Waals surface area contributed by atoms with E-state index >= 15 is 0 Å². The Morgan fingerprint density at radius 1 is 1.21 bits per heavy atom. The molecule has 0 aliphatic rings. The zero-order valence-corrected chi connectivity index (χ0v) is 17.7. The first-order valence-corrected chi connectivity index (χ1v) is 10.2. The van der Waals surface area contributed by atoms with Gasteiger partial charge in [0.2, 0.25) is 5.91 Å². The number of hydrazone groups is 1. The van der Waals surface area contributed by atoms with E-state index in [1.54, 1.807) is 5.38 Å². The average Bonchev–Trinajstić information content (AvgIpc) is 3.09. The number of carbonyl (C=O) groups is 1. The van der Waals surface area contributed by atoms with Crippen molar-refractivity contribution in [2.45, 2.75) is 12.6 Å². The lowest BCUT2D eigenvalue weighted by atomic mass is 10.2. The summed E-state index contributed by atoms with van der Waals surface area (Å²) in [4.78, 5) is 16.2. The van der Waals surface area contributed by atoms with Gasteiger partial charge in [-0.3, -0.25) is 4.79 Å². The van der Waals surface area contributed by atoms with Crippen LogP contribution in [0.15, 0.2) is 59.0 Å². The van der Waals surface area contributed by atoms with Gasteiger partial charge >= 0.3 is 6.18 Å². The fourth-order valence-corrected chi connectivity index (χ4v) is 3.36. The molecule has 150 valence electrons. The summed E-state index contributed by atoms with van der Waals surface area (Å²) in [6, 6.07) is 12.5. The van der Waals surface area contributed by atoms with E-state index in [0.717, 1.165) is 21.3 Å². The van der Waals surface area contributed by atoms with Crippen molar-refractivity contribution in [3.63, 3.8) is 0 Å². The Kier molecular flexibility index (Phi) is 6.85. The van der Waals surface area contributed by atoms with Crippen molar-refractivity contribution in [2.24, 2.45) is 5.10 Å². The number of nitrogens with one attached hydrogen (secondary N) is 2. The Balaban J connectivity index is 1.54. The normalized spacial score (nSPS) is 11.6. The zero-order chi connectivity index (χ0) is 20.9. The number of hydrogen-bond acceptors (Lipinski definition) is 5. The minimum Gasteiger partial charge on any atom is -0.332 e. The summed E-state index contributed by atoms with van der Waals surface area (Å²) in [6.45, 7) is 0. The molecule has 0 aliphatic heterocycles. The highest BCUT2D eigenvalue weighted by atomic mass is 127. The Bertz CT molecular complexity index is 1020. The smallest absolute Gasteiger partial charge is 0.332 e. The molecule has 0 fully saturated rings. The van der Waals surface area contributed by atoms with Gasteiger partial charge < -0.3 is 5.32 Å². The second-order valence-electron chi connectivity index (χ2n) is 5.87. The Labute approximate surface area is 182 Å². The van der Waals surface area contributed by atoms with Crippen molar-refractivity contribution in [1.29, 1.82) is 0 Å². The predicted octanol–water partition coefficient (Wildman–Crippen LogP) is 5.20. The van der Waals surface area contributed by atoms with Gasteiger partial charge in [-0.2, -0.15) is 18.3 Å². The van der Waals surface area contributed by atoms with E-state index in [2.05, 4.69) is 43.4 Å². The molecule has 1 heterocycles. The lowest BCUT2D eigenvalue weighted by molar-refractivity contribution is -0.137. The highest BCUT2D eigenvalue weighted by Crippen LogP contribution is 2.31. The maximum absolute atomic E-state index is 12.8. The third-order valence-corrected chi connectivity index (χ3v) is 5.13. The van der Waals surface area contributed by atoms with Crippen molar-refractivity contribution in [2.75, 3.05) is 5.32 Å². The summed E-state index contributed by atoms with van der Waals surface area (Å²) in [5.41, 5.74) is 3.30. The van der Waals surface area contributed by atoms with E-state index in [9.17, 15) is 18.0 Å². The molecule has 0 saturated carbocycles. The fraction of sp³-hybridized carbons (Fsp3) is 0.105. The van der Waals surface area contributed by atoms with Crippen LogP contribution in [0.4, 0.5) is 24.0 Å².